The Morgan fingerprint density at radius 1 is 1.47 bits per heavy atom. The highest BCUT2D eigenvalue weighted by Gasteiger charge is 2.31. The Morgan fingerprint density at radius 3 is 2.65 bits per heavy atom. The van der Waals surface area contributed by atoms with Gasteiger partial charge in [-0.3, -0.25) is 4.90 Å². The van der Waals surface area contributed by atoms with E-state index in [0.717, 1.165) is 12.6 Å². The molecule has 1 heterocycles. The van der Waals surface area contributed by atoms with E-state index in [2.05, 4.69) is 36.3 Å². The number of nitrogens with two attached hydrogens (primary N) is 1. The van der Waals surface area contributed by atoms with Crippen LogP contribution in [0.5, 0.6) is 0 Å². The summed E-state index contributed by atoms with van der Waals surface area (Å²) < 4.78 is 0. The summed E-state index contributed by atoms with van der Waals surface area (Å²) in [6.45, 7) is 5.51. The van der Waals surface area contributed by atoms with Crippen molar-refractivity contribution in [3.63, 3.8) is 0 Å². The number of hydrogen-bond donors (Lipinski definition) is 1. The van der Waals surface area contributed by atoms with Crippen LogP contribution in [0.2, 0.25) is 0 Å². The molecule has 3 heteroatoms. The van der Waals surface area contributed by atoms with Crippen molar-refractivity contribution >= 4 is 11.3 Å². The van der Waals surface area contributed by atoms with Gasteiger partial charge in [0, 0.05) is 17.0 Å². The van der Waals surface area contributed by atoms with Crippen molar-refractivity contribution in [3.05, 3.63) is 22.4 Å². The first-order chi connectivity index (χ1) is 8.24. The van der Waals surface area contributed by atoms with Crippen LogP contribution in [0.15, 0.2) is 17.5 Å². The molecule has 1 saturated carbocycles. The Labute approximate surface area is 109 Å². The predicted molar refractivity (Wildman–Crippen MR) is 75.3 cm³/mol. The van der Waals surface area contributed by atoms with E-state index in [1.807, 2.05) is 11.3 Å². The van der Waals surface area contributed by atoms with Gasteiger partial charge in [0.05, 0.1) is 6.04 Å². The molecule has 0 spiro atoms. The molecule has 0 radical (unpaired) electrons. The van der Waals surface area contributed by atoms with Crippen LogP contribution < -0.4 is 5.73 Å². The van der Waals surface area contributed by atoms with Crippen molar-refractivity contribution < 1.29 is 0 Å². The molecule has 2 atom stereocenters. The third kappa shape index (κ3) is 2.90. The normalized spacial score (nSPS) is 20.9. The minimum Gasteiger partial charge on any atom is -0.326 e. The molecule has 1 aliphatic carbocycles. The van der Waals surface area contributed by atoms with Crippen LogP contribution in [0.1, 0.15) is 50.4 Å². The maximum atomic E-state index is 6.24. The number of thiophene rings is 1. The lowest BCUT2D eigenvalue weighted by Crippen LogP contribution is -2.43. The summed E-state index contributed by atoms with van der Waals surface area (Å²) in [4.78, 5) is 4.05. The molecule has 2 unspecified atom stereocenters. The van der Waals surface area contributed by atoms with Gasteiger partial charge in [-0.25, -0.2) is 0 Å². The standard InChI is InChI=1S/C14H24N2S/c1-3-16(12-7-4-5-8-12)14(11(2)15)13-9-6-10-17-13/h6,9-12,14H,3-5,7-8,15H2,1-2H3. The molecule has 2 nitrogen and oxygen atoms in total. The minimum atomic E-state index is 0.203. The number of likely N-dealkylation sites (N-methyl/N-ethyl adjacent to an activating group) is 1. The van der Waals surface area contributed by atoms with Crippen molar-refractivity contribution in [2.75, 3.05) is 6.54 Å². The van der Waals surface area contributed by atoms with Gasteiger partial charge in [-0.05, 0) is 37.8 Å². The molecule has 0 bridgehead atoms. The van der Waals surface area contributed by atoms with Crippen LogP contribution in [0.4, 0.5) is 0 Å². The zero-order chi connectivity index (χ0) is 12.3. The van der Waals surface area contributed by atoms with Gasteiger partial charge in [0.2, 0.25) is 0 Å². The first-order valence-electron chi connectivity index (χ1n) is 6.78. The molecule has 2 rings (SSSR count). The van der Waals surface area contributed by atoms with Gasteiger partial charge in [0.15, 0.2) is 0 Å². The van der Waals surface area contributed by atoms with Crippen LogP contribution in [-0.4, -0.2) is 23.5 Å². The second-order valence-corrected chi connectivity index (χ2v) is 6.07. The number of rotatable bonds is 5. The Bertz CT molecular complexity index is 315. The van der Waals surface area contributed by atoms with Crippen LogP contribution >= 0.6 is 11.3 Å². The van der Waals surface area contributed by atoms with E-state index in [4.69, 9.17) is 5.73 Å². The molecule has 0 saturated heterocycles. The second kappa shape index (κ2) is 5.98. The van der Waals surface area contributed by atoms with E-state index in [0.29, 0.717) is 6.04 Å². The average molecular weight is 252 g/mol. The minimum absolute atomic E-state index is 0.203. The van der Waals surface area contributed by atoms with Crippen molar-refractivity contribution in [1.29, 1.82) is 0 Å². The first kappa shape index (κ1) is 13.1. The van der Waals surface area contributed by atoms with Crippen molar-refractivity contribution in [3.8, 4) is 0 Å². The van der Waals surface area contributed by atoms with E-state index < -0.39 is 0 Å². The number of nitrogens with zero attached hydrogens (tertiary/aromatic N) is 1. The van der Waals surface area contributed by atoms with Gasteiger partial charge in [-0.1, -0.05) is 25.8 Å². The maximum Gasteiger partial charge on any atom is 0.0593 e. The molecule has 0 aromatic carbocycles. The molecule has 96 valence electrons. The van der Waals surface area contributed by atoms with Crippen LogP contribution in [0.3, 0.4) is 0 Å². The Balaban J connectivity index is 2.18. The fourth-order valence-electron chi connectivity index (χ4n) is 3.10. The smallest absolute Gasteiger partial charge is 0.0593 e. The summed E-state index contributed by atoms with van der Waals surface area (Å²) in [6, 6.07) is 5.73. The Morgan fingerprint density at radius 2 is 2.18 bits per heavy atom. The lowest BCUT2D eigenvalue weighted by Gasteiger charge is -2.37. The Kier molecular flexibility index (Phi) is 4.60. The quantitative estimate of drug-likeness (QED) is 0.870. The van der Waals surface area contributed by atoms with Crippen LogP contribution in [-0.2, 0) is 0 Å². The van der Waals surface area contributed by atoms with E-state index >= 15 is 0 Å². The molecule has 0 aliphatic heterocycles. The Hall–Kier alpha value is -0.380. The van der Waals surface area contributed by atoms with E-state index in [-0.39, 0.29) is 6.04 Å². The highest BCUT2D eigenvalue weighted by molar-refractivity contribution is 7.10. The van der Waals surface area contributed by atoms with E-state index in [1.54, 1.807) is 0 Å². The molecular weight excluding hydrogens is 228 g/mol. The van der Waals surface area contributed by atoms with Crippen LogP contribution in [0, 0.1) is 0 Å². The summed E-state index contributed by atoms with van der Waals surface area (Å²) in [5.74, 6) is 0. The van der Waals surface area contributed by atoms with Crippen molar-refractivity contribution in [2.24, 2.45) is 5.73 Å². The molecule has 1 aliphatic rings. The number of hydrogen-bond acceptors (Lipinski definition) is 3. The molecule has 0 amide bonds. The van der Waals surface area contributed by atoms with E-state index in [1.165, 1.54) is 30.6 Å². The fourth-order valence-corrected chi connectivity index (χ4v) is 4.06. The second-order valence-electron chi connectivity index (χ2n) is 5.09. The molecular formula is C14H24N2S. The zero-order valence-electron chi connectivity index (χ0n) is 10.9. The molecule has 2 N–H and O–H groups in total. The molecule has 1 aromatic heterocycles. The van der Waals surface area contributed by atoms with Gasteiger partial charge in [-0.2, -0.15) is 0 Å². The largest absolute Gasteiger partial charge is 0.326 e. The topological polar surface area (TPSA) is 29.3 Å². The highest BCUT2D eigenvalue weighted by Crippen LogP contribution is 2.34. The molecule has 1 aromatic rings. The average Bonchev–Trinajstić information content (AvgIpc) is 2.97. The van der Waals surface area contributed by atoms with Gasteiger partial charge in [0.25, 0.3) is 0 Å². The summed E-state index contributed by atoms with van der Waals surface area (Å²) >= 11 is 1.84. The van der Waals surface area contributed by atoms with Gasteiger partial charge >= 0.3 is 0 Å². The van der Waals surface area contributed by atoms with Crippen LogP contribution in [0.25, 0.3) is 0 Å². The SMILES string of the molecule is CCN(C1CCCC1)C(c1cccs1)C(C)N. The third-order valence-electron chi connectivity index (χ3n) is 3.85. The first-order valence-corrected chi connectivity index (χ1v) is 7.66. The fraction of sp³-hybridized carbons (Fsp3) is 0.714. The third-order valence-corrected chi connectivity index (χ3v) is 4.79. The maximum absolute atomic E-state index is 6.24. The highest BCUT2D eigenvalue weighted by atomic mass is 32.1. The predicted octanol–water partition coefficient (Wildman–Crippen LogP) is 3.40. The van der Waals surface area contributed by atoms with Gasteiger partial charge in [0.1, 0.15) is 0 Å². The van der Waals surface area contributed by atoms with Gasteiger partial charge in [-0.15, -0.1) is 11.3 Å². The zero-order valence-corrected chi connectivity index (χ0v) is 11.7. The summed E-state index contributed by atoms with van der Waals surface area (Å²) in [5, 5.41) is 2.16. The summed E-state index contributed by atoms with van der Waals surface area (Å²) in [6.07, 6.45) is 5.47. The molecule has 1 fully saturated rings. The molecule has 17 heavy (non-hydrogen) atoms. The lowest BCUT2D eigenvalue weighted by atomic mass is 10.0. The summed E-state index contributed by atoms with van der Waals surface area (Å²) in [7, 11) is 0. The van der Waals surface area contributed by atoms with Crippen molar-refractivity contribution in [1.82, 2.24) is 4.90 Å². The van der Waals surface area contributed by atoms with E-state index in [9.17, 15) is 0 Å². The van der Waals surface area contributed by atoms with Crippen molar-refractivity contribution in [2.45, 2.75) is 57.7 Å². The van der Waals surface area contributed by atoms with Gasteiger partial charge < -0.3 is 5.73 Å². The lowest BCUT2D eigenvalue weighted by molar-refractivity contribution is 0.129. The monoisotopic (exact) mass is 252 g/mol. The summed E-state index contributed by atoms with van der Waals surface area (Å²) in [5.41, 5.74) is 6.24.